The van der Waals surface area contributed by atoms with Crippen LogP contribution in [0.3, 0.4) is 0 Å². The topological polar surface area (TPSA) is 12.5 Å². The molecular formula is C11H15BrFNO. The third-order valence-corrected chi connectivity index (χ3v) is 2.52. The smallest absolute Gasteiger partial charge is 0.169 e. The molecule has 1 aromatic rings. The molecule has 0 saturated heterocycles. The van der Waals surface area contributed by atoms with Gasteiger partial charge in [-0.3, -0.25) is 0 Å². The van der Waals surface area contributed by atoms with Crippen LogP contribution in [0, 0.1) is 5.82 Å². The number of hydrogen-bond donors (Lipinski definition) is 0. The number of halogens is 2. The highest BCUT2D eigenvalue weighted by atomic mass is 79.9. The molecule has 0 aliphatic heterocycles. The molecule has 2 nitrogen and oxygen atoms in total. The van der Waals surface area contributed by atoms with Gasteiger partial charge in [-0.1, -0.05) is 28.1 Å². The fourth-order valence-electron chi connectivity index (χ4n) is 1.35. The van der Waals surface area contributed by atoms with E-state index in [0.29, 0.717) is 17.9 Å². The van der Waals surface area contributed by atoms with Gasteiger partial charge in [0.2, 0.25) is 0 Å². The second kappa shape index (κ2) is 6.08. The van der Waals surface area contributed by atoms with Crippen molar-refractivity contribution in [1.29, 1.82) is 0 Å². The molecule has 0 spiro atoms. The van der Waals surface area contributed by atoms with Gasteiger partial charge < -0.3 is 9.64 Å². The highest BCUT2D eigenvalue weighted by molar-refractivity contribution is 9.09. The first-order valence-corrected chi connectivity index (χ1v) is 5.87. The zero-order chi connectivity index (χ0) is 11.3. The Labute approximate surface area is 98.2 Å². The van der Waals surface area contributed by atoms with E-state index >= 15 is 0 Å². The number of hydrogen-bond acceptors (Lipinski definition) is 2. The van der Waals surface area contributed by atoms with E-state index in [4.69, 9.17) is 4.74 Å². The Kier molecular flexibility index (Phi) is 5.05. The van der Waals surface area contributed by atoms with Crippen LogP contribution in [0.5, 0.6) is 5.75 Å². The summed E-state index contributed by atoms with van der Waals surface area (Å²) in [5, 5.41) is 0.884. The van der Waals surface area contributed by atoms with E-state index in [-0.39, 0.29) is 5.82 Å². The van der Waals surface area contributed by atoms with E-state index in [1.807, 2.05) is 11.9 Å². The molecular weight excluding hydrogens is 261 g/mol. The summed E-state index contributed by atoms with van der Waals surface area (Å²) in [5.41, 5.74) is 0.665. The van der Waals surface area contributed by atoms with E-state index < -0.39 is 0 Å². The molecule has 0 saturated carbocycles. The molecule has 4 heteroatoms. The minimum Gasteiger partial charge on any atom is -0.494 e. The Morgan fingerprint density at radius 3 is 2.80 bits per heavy atom. The van der Waals surface area contributed by atoms with Gasteiger partial charge in [0.05, 0.1) is 7.11 Å². The zero-order valence-electron chi connectivity index (χ0n) is 8.96. The first-order chi connectivity index (χ1) is 7.19. The Morgan fingerprint density at radius 2 is 2.20 bits per heavy atom. The molecule has 0 fully saturated rings. The summed E-state index contributed by atoms with van der Waals surface area (Å²) in [6.07, 6.45) is 0. The molecule has 0 aliphatic rings. The predicted octanol–water partition coefficient (Wildman–Crippen LogP) is 2.66. The van der Waals surface area contributed by atoms with E-state index in [1.54, 1.807) is 18.2 Å². The maximum absolute atomic E-state index is 13.7. The van der Waals surface area contributed by atoms with Crippen LogP contribution in [0.25, 0.3) is 0 Å². The fraction of sp³-hybridized carbons (Fsp3) is 0.455. The molecule has 0 unspecified atom stereocenters. The lowest BCUT2D eigenvalue weighted by Crippen LogP contribution is -2.20. The fourth-order valence-corrected chi connectivity index (χ4v) is 1.96. The summed E-state index contributed by atoms with van der Waals surface area (Å²) in [7, 11) is 3.44. The number of ether oxygens (including phenoxy) is 1. The minimum absolute atomic E-state index is 0.263. The van der Waals surface area contributed by atoms with Crippen molar-refractivity contribution < 1.29 is 9.13 Å². The van der Waals surface area contributed by atoms with Crippen LogP contribution in [-0.4, -0.2) is 30.9 Å². The first-order valence-electron chi connectivity index (χ1n) is 4.75. The van der Waals surface area contributed by atoms with Crippen LogP contribution in [0.4, 0.5) is 4.39 Å². The molecule has 0 amide bonds. The molecule has 0 heterocycles. The highest BCUT2D eigenvalue weighted by Crippen LogP contribution is 2.20. The number of methoxy groups -OCH3 is 1. The van der Waals surface area contributed by atoms with Crippen LogP contribution in [0.2, 0.25) is 0 Å². The summed E-state index contributed by atoms with van der Waals surface area (Å²) in [6, 6.07) is 5.21. The van der Waals surface area contributed by atoms with Crippen molar-refractivity contribution in [2.45, 2.75) is 6.54 Å². The van der Waals surface area contributed by atoms with E-state index in [9.17, 15) is 4.39 Å². The Bertz CT molecular complexity index is 319. The molecule has 1 aromatic carbocycles. The monoisotopic (exact) mass is 275 g/mol. The van der Waals surface area contributed by atoms with Gasteiger partial charge >= 0.3 is 0 Å². The molecule has 1 rings (SSSR count). The number of benzene rings is 1. The number of nitrogens with zero attached hydrogens (tertiary/aromatic N) is 1. The quantitative estimate of drug-likeness (QED) is 0.767. The van der Waals surface area contributed by atoms with Crippen molar-refractivity contribution >= 4 is 15.9 Å². The van der Waals surface area contributed by atoms with E-state index in [0.717, 1.165) is 11.9 Å². The van der Waals surface area contributed by atoms with Crippen LogP contribution < -0.4 is 4.74 Å². The van der Waals surface area contributed by atoms with Crippen LogP contribution in [0.15, 0.2) is 18.2 Å². The molecule has 0 atom stereocenters. The zero-order valence-corrected chi connectivity index (χ0v) is 10.6. The molecule has 0 aromatic heterocycles. The maximum Gasteiger partial charge on any atom is 0.169 e. The van der Waals surface area contributed by atoms with Crippen molar-refractivity contribution in [2.75, 3.05) is 26.0 Å². The minimum atomic E-state index is -0.263. The molecule has 0 N–H and O–H groups in total. The second-order valence-corrected chi connectivity index (χ2v) is 4.15. The lowest BCUT2D eigenvalue weighted by Gasteiger charge is -2.16. The highest BCUT2D eigenvalue weighted by Gasteiger charge is 2.09. The normalized spacial score (nSPS) is 10.7. The second-order valence-electron chi connectivity index (χ2n) is 3.36. The Hall–Kier alpha value is -0.610. The van der Waals surface area contributed by atoms with E-state index in [2.05, 4.69) is 15.9 Å². The molecule has 84 valence electrons. The lowest BCUT2D eigenvalue weighted by molar-refractivity contribution is 0.335. The van der Waals surface area contributed by atoms with Crippen molar-refractivity contribution in [1.82, 2.24) is 4.90 Å². The van der Waals surface area contributed by atoms with Gasteiger partial charge in [0.1, 0.15) is 0 Å². The Balaban J connectivity index is 2.76. The summed E-state index contributed by atoms with van der Waals surface area (Å²) in [5.74, 6) is 0.0427. The summed E-state index contributed by atoms with van der Waals surface area (Å²) < 4.78 is 18.6. The molecule has 0 bridgehead atoms. The van der Waals surface area contributed by atoms with Crippen molar-refractivity contribution in [3.05, 3.63) is 29.6 Å². The summed E-state index contributed by atoms with van der Waals surface area (Å²) in [4.78, 5) is 2.05. The van der Waals surface area contributed by atoms with Crippen LogP contribution in [0.1, 0.15) is 5.56 Å². The van der Waals surface area contributed by atoms with E-state index in [1.165, 1.54) is 7.11 Å². The average Bonchev–Trinajstić information content (AvgIpc) is 2.21. The largest absolute Gasteiger partial charge is 0.494 e. The molecule has 0 radical (unpaired) electrons. The van der Waals surface area contributed by atoms with Gasteiger partial charge in [-0.15, -0.1) is 0 Å². The first kappa shape index (κ1) is 12.5. The Morgan fingerprint density at radius 1 is 1.47 bits per heavy atom. The number of alkyl halides is 1. The average molecular weight is 276 g/mol. The van der Waals surface area contributed by atoms with Gasteiger partial charge in [0, 0.05) is 24.0 Å². The predicted molar refractivity (Wildman–Crippen MR) is 63.1 cm³/mol. The summed E-state index contributed by atoms with van der Waals surface area (Å²) in [6.45, 7) is 1.48. The standard InChI is InChI=1S/C11H15BrFNO/c1-14(7-6-12)8-9-4-3-5-10(15-2)11(9)13/h3-5H,6-8H2,1-2H3. The van der Waals surface area contributed by atoms with Gasteiger partial charge in [-0.05, 0) is 13.1 Å². The van der Waals surface area contributed by atoms with Gasteiger partial charge in [-0.25, -0.2) is 4.39 Å². The van der Waals surface area contributed by atoms with Gasteiger partial charge in [-0.2, -0.15) is 0 Å². The molecule has 15 heavy (non-hydrogen) atoms. The number of rotatable bonds is 5. The third kappa shape index (κ3) is 3.47. The van der Waals surface area contributed by atoms with Crippen molar-refractivity contribution in [3.8, 4) is 5.75 Å². The van der Waals surface area contributed by atoms with Crippen molar-refractivity contribution in [2.24, 2.45) is 0 Å². The SMILES string of the molecule is COc1cccc(CN(C)CCBr)c1F. The van der Waals surface area contributed by atoms with Crippen molar-refractivity contribution in [3.63, 3.8) is 0 Å². The van der Waals surface area contributed by atoms with Crippen LogP contribution in [-0.2, 0) is 6.54 Å². The van der Waals surface area contributed by atoms with Crippen LogP contribution >= 0.6 is 15.9 Å². The molecule has 0 aliphatic carbocycles. The summed E-state index contributed by atoms with van der Waals surface area (Å²) >= 11 is 3.35. The van der Waals surface area contributed by atoms with Gasteiger partial charge in [0.25, 0.3) is 0 Å². The lowest BCUT2D eigenvalue weighted by atomic mass is 10.2. The maximum atomic E-state index is 13.7. The van der Waals surface area contributed by atoms with Gasteiger partial charge in [0.15, 0.2) is 11.6 Å². The third-order valence-electron chi connectivity index (χ3n) is 2.17.